The minimum atomic E-state index is -5.45. The molecule has 1 aromatic carbocycles. The van der Waals surface area contributed by atoms with Crippen LogP contribution in [0.4, 0.5) is 36.8 Å². The molecule has 2 unspecified atom stereocenters. The summed E-state index contributed by atoms with van der Waals surface area (Å²) in [7, 11) is 0. The number of quaternary nitrogens is 1. The van der Waals surface area contributed by atoms with Gasteiger partial charge in [-0.25, -0.2) is 9.59 Å². The van der Waals surface area contributed by atoms with Gasteiger partial charge in [-0.05, 0) is 59.2 Å². The maximum Gasteiger partial charge on any atom is 0.497 e. The number of rotatable bonds is 5. The Hall–Kier alpha value is -3.13. The number of amides is 3. The number of carbonyl (C=O) groups is 3. The Morgan fingerprint density at radius 1 is 1.12 bits per heavy atom. The van der Waals surface area contributed by atoms with Crippen LogP contribution in [-0.4, -0.2) is 45.3 Å². The van der Waals surface area contributed by atoms with Crippen LogP contribution in [0.15, 0.2) is 47.6 Å². The molecule has 182 valence electrons. The molecule has 34 heavy (non-hydrogen) atoms. The number of imide groups is 1. The molecule has 7 nitrogen and oxygen atoms in total. The van der Waals surface area contributed by atoms with Crippen LogP contribution >= 0.6 is 11.8 Å². The van der Waals surface area contributed by atoms with Gasteiger partial charge < -0.3 is 0 Å². The largest absolute Gasteiger partial charge is 0.497 e. The number of halogens is 6. The minimum absolute atomic E-state index is 0.192. The molecule has 2 atom stereocenters. The Morgan fingerprint density at radius 2 is 1.74 bits per heavy atom. The van der Waals surface area contributed by atoms with E-state index in [-0.39, 0.29) is 16.1 Å². The van der Waals surface area contributed by atoms with E-state index < -0.39 is 58.6 Å². The molecule has 2 aromatic rings. The van der Waals surface area contributed by atoms with E-state index in [1.165, 1.54) is 18.5 Å². The highest BCUT2D eigenvalue weighted by atomic mass is 32.2. The molecule has 3 amide bonds. The number of anilines is 1. The fourth-order valence-corrected chi connectivity index (χ4v) is 3.86. The molecule has 1 aliphatic heterocycles. The molecule has 0 spiro atoms. The highest BCUT2D eigenvalue weighted by molar-refractivity contribution is 8.00. The number of hydroxylamine groups is 3. The lowest BCUT2D eigenvalue weighted by atomic mass is 10.1. The second-order valence-electron chi connectivity index (χ2n) is 7.31. The zero-order valence-electron chi connectivity index (χ0n) is 17.5. The third-order valence-corrected chi connectivity index (χ3v) is 5.81. The van der Waals surface area contributed by atoms with Crippen molar-refractivity contribution >= 4 is 35.4 Å². The minimum Gasteiger partial charge on any atom is -0.267 e. The smallest absolute Gasteiger partial charge is 0.267 e. The number of benzene rings is 1. The van der Waals surface area contributed by atoms with E-state index >= 15 is 0 Å². The summed E-state index contributed by atoms with van der Waals surface area (Å²) >= 11 is -0.424. The number of thioether (sulfide) groups is 1. The Balaban J connectivity index is 2.04. The van der Waals surface area contributed by atoms with Crippen molar-refractivity contribution in [2.45, 2.75) is 43.0 Å². The van der Waals surface area contributed by atoms with Crippen LogP contribution in [0, 0.1) is 6.92 Å². The van der Waals surface area contributed by atoms with Gasteiger partial charge in [0, 0.05) is 29.8 Å². The Bertz CT molecular complexity index is 1120. The molecule has 0 N–H and O–H groups in total. The summed E-state index contributed by atoms with van der Waals surface area (Å²) in [6, 6.07) is 2.59. The van der Waals surface area contributed by atoms with Gasteiger partial charge in [-0.3, -0.25) is 14.6 Å². The van der Waals surface area contributed by atoms with Crippen molar-refractivity contribution in [2.75, 3.05) is 4.90 Å². The lowest BCUT2D eigenvalue weighted by molar-refractivity contribution is -1.04. The molecule has 3 rings (SSSR count). The monoisotopic (exact) mass is 508 g/mol. The second kappa shape index (κ2) is 8.91. The van der Waals surface area contributed by atoms with E-state index in [0.717, 1.165) is 31.2 Å². The average Bonchev–Trinajstić information content (AvgIpc) is 2.90. The Labute approximate surface area is 192 Å². The molecular weight excluding hydrogens is 492 g/mol. The summed E-state index contributed by atoms with van der Waals surface area (Å²) in [5.41, 5.74) is -4.02. The fourth-order valence-electron chi connectivity index (χ4n) is 3.32. The number of pyridine rings is 1. The van der Waals surface area contributed by atoms with Gasteiger partial charge in [0.25, 0.3) is 0 Å². The van der Waals surface area contributed by atoms with Crippen molar-refractivity contribution in [3.8, 4) is 0 Å². The molecule has 0 bridgehead atoms. The highest BCUT2D eigenvalue weighted by Crippen LogP contribution is 2.39. The molecular formula is C20H16F6N3O4S+. The van der Waals surface area contributed by atoms with Crippen LogP contribution in [0.2, 0.25) is 0 Å². The number of urea groups is 1. The number of alkyl halides is 6. The maximum atomic E-state index is 13.4. The first-order valence-corrected chi connectivity index (χ1v) is 10.3. The molecule has 0 radical (unpaired) electrons. The van der Waals surface area contributed by atoms with Gasteiger partial charge in [-0.1, -0.05) is 0 Å². The van der Waals surface area contributed by atoms with Crippen molar-refractivity contribution in [3.63, 3.8) is 0 Å². The number of hydrogen-bond acceptors (Lipinski definition) is 6. The van der Waals surface area contributed by atoms with E-state index in [1.54, 1.807) is 6.92 Å². The number of aryl methyl sites for hydroxylation is 1. The zero-order chi connectivity index (χ0) is 25.5. The fraction of sp³-hybridized carbons (Fsp3) is 0.300. The van der Waals surface area contributed by atoms with E-state index in [2.05, 4.69) is 9.82 Å². The molecule has 2 heterocycles. The Kier molecular flexibility index (Phi) is 6.68. The predicted octanol–water partition coefficient (Wildman–Crippen LogP) is 4.89. The van der Waals surface area contributed by atoms with E-state index in [4.69, 9.17) is 0 Å². The van der Waals surface area contributed by atoms with Crippen LogP contribution in [0.25, 0.3) is 0 Å². The normalized spacial score (nSPS) is 21.2. The summed E-state index contributed by atoms with van der Waals surface area (Å²) in [6.07, 6.45) is -2.77. The number of nitrogens with zero attached hydrogens (tertiary/aromatic N) is 3. The van der Waals surface area contributed by atoms with Gasteiger partial charge in [0.1, 0.15) is 0 Å². The van der Waals surface area contributed by atoms with Crippen LogP contribution in [0.1, 0.15) is 18.1 Å². The van der Waals surface area contributed by atoms with Gasteiger partial charge in [0.15, 0.2) is 6.54 Å². The van der Waals surface area contributed by atoms with Crippen LogP contribution < -0.4 is 4.90 Å². The first-order valence-electron chi connectivity index (χ1n) is 9.48. The second-order valence-corrected chi connectivity index (χ2v) is 8.44. The van der Waals surface area contributed by atoms with Crippen molar-refractivity contribution in [3.05, 3.63) is 53.9 Å². The van der Waals surface area contributed by atoms with E-state index in [1.807, 2.05) is 0 Å². The number of carbonyl (C=O) groups excluding carboxylic acids is 3. The predicted molar refractivity (Wildman–Crippen MR) is 106 cm³/mol. The van der Waals surface area contributed by atoms with Crippen molar-refractivity contribution < 1.29 is 50.2 Å². The van der Waals surface area contributed by atoms with Gasteiger partial charge in [-0.15, -0.1) is 0 Å². The third kappa shape index (κ3) is 5.01. The quantitative estimate of drug-likeness (QED) is 0.248. The van der Waals surface area contributed by atoms with Crippen LogP contribution in [0.5, 0.6) is 0 Å². The van der Waals surface area contributed by atoms with Crippen molar-refractivity contribution in [1.82, 2.24) is 4.98 Å². The zero-order valence-corrected chi connectivity index (χ0v) is 18.3. The summed E-state index contributed by atoms with van der Waals surface area (Å²) in [6.45, 7) is 2.07. The summed E-state index contributed by atoms with van der Waals surface area (Å²) in [4.78, 5) is 46.9. The summed E-state index contributed by atoms with van der Waals surface area (Å²) in [5.74, 6) is -3.67. The lowest BCUT2D eigenvalue weighted by Gasteiger charge is -2.30. The Morgan fingerprint density at radius 3 is 2.26 bits per heavy atom. The number of aromatic nitrogens is 1. The van der Waals surface area contributed by atoms with Gasteiger partial charge in [-0.2, -0.15) is 31.2 Å². The molecule has 1 fully saturated rings. The van der Waals surface area contributed by atoms with Crippen LogP contribution in [-0.2, 0) is 21.0 Å². The van der Waals surface area contributed by atoms with Crippen molar-refractivity contribution in [1.29, 1.82) is 0 Å². The average molecular weight is 508 g/mol. The van der Waals surface area contributed by atoms with E-state index in [9.17, 15) is 40.7 Å². The maximum absolute atomic E-state index is 13.4. The van der Waals surface area contributed by atoms with Crippen molar-refractivity contribution in [2.24, 2.45) is 0 Å². The molecule has 0 aliphatic carbocycles. The first-order chi connectivity index (χ1) is 15.7. The molecule has 1 aromatic heterocycles. The molecule has 1 saturated heterocycles. The van der Waals surface area contributed by atoms with E-state index in [0.29, 0.717) is 10.5 Å². The third-order valence-electron chi connectivity index (χ3n) is 5.07. The van der Waals surface area contributed by atoms with Gasteiger partial charge in [0.05, 0.1) is 5.69 Å². The summed E-state index contributed by atoms with van der Waals surface area (Å²) in [5, 5.41) is 0. The highest BCUT2D eigenvalue weighted by Gasteiger charge is 2.65. The molecule has 0 saturated carbocycles. The SMILES string of the molecule is Cc1cnccc1C[N+]1(OC(=O)C(F)(F)F)C(=O)N(c2ccc(SC(F)(F)F)cc2)C(=O)C1C. The van der Waals surface area contributed by atoms with Gasteiger partial charge >= 0.3 is 29.6 Å². The lowest BCUT2D eigenvalue weighted by Crippen LogP contribution is -2.57. The standard InChI is InChI=1S/C20H16F6N3O4S/c1-11-9-27-8-7-13(11)10-29(33-17(31)19(21,22)23)12(2)16(30)28(18(29)32)14-3-5-15(6-4-14)34-20(24,25)26/h3-9,12H,10H2,1-2H3/q+1. The molecule has 14 heteroatoms. The summed E-state index contributed by atoms with van der Waals surface area (Å²) < 4.78 is 75.2. The van der Waals surface area contributed by atoms with Crippen LogP contribution in [0.3, 0.4) is 0 Å². The topological polar surface area (TPSA) is 76.6 Å². The molecule has 1 aliphatic rings. The first kappa shape index (κ1) is 25.5. The van der Waals surface area contributed by atoms with Gasteiger partial charge in [0.2, 0.25) is 6.04 Å². The number of hydrogen-bond donors (Lipinski definition) is 0.